The van der Waals surface area contributed by atoms with E-state index >= 15 is 0 Å². The molecule has 0 atom stereocenters. The van der Waals surface area contributed by atoms with Gasteiger partial charge in [0.15, 0.2) is 17.3 Å². The van der Waals surface area contributed by atoms with E-state index in [4.69, 9.17) is 9.47 Å². The van der Waals surface area contributed by atoms with Crippen LogP contribution in [0.1, 0.15) is 21.5 Å². The summed E-state index contributed by atoms with van der Waals surface area (Å²) in [6.07, 6.45) is 0. The second-order valence-corrected chi connectivity index (χ2v) is 4.36. The highest BCUT2D eigenvalue weighted by Gasteiger charge is 2.13. The number of ketones is 1. The van der Waals surface area contributed by atoms with Crippen LogP contribution in [0.15, 0.2) is 36.4 Å². The number of carbonyl (C=O) groups excluding carboxylic acids is 1. The van der Waals surface area contributed by atoms with Gasteiger partial charge in [0.2, 0.25) is 0 Å². The molecule has 0 N–H and O–H groups in total. The molecule has 4 heteroatoms. The molecule has 3 nitrogen and oxygen atoms in total. The van der Waals surface area contributed by atoms with Crippen LogP contribution < -0.4 is 9.47 Å². The largest absolute Gasteiger partial charge is 0.496 e. The Morgan fingerprint density at radius 2 is 1.50 bits per heavy atom. The molecule has 0 unspecified atom stereocenters. The van der Waals surface area contributed by atoms with Gasteiger partial charge in [-0.15, -0.1) is 0 Å². The number of hydrogen-bond acceptors (Lipinski definition) is 3. The first-order chi connectivity index (χ1) is 9.56. The van der Waals surface area contributed by atoms with Gasteiger partial charge in [-0.05, 0) is 48.9 Å². The van der Waals surface area contributed by atoms with E-state index in [9.17, 15) is 9.18 Å². The molecule has 0 heterocycles. The quantitative estimate of drug-likeness (QED) is 0.802. The maximum absolute atomic E-state index is 13.6. The highest BCUT2D eigenvalue weighted by atomic mass is 19.1. The summed E-state index contributed by atoms with van der Waals surface area (Å²) < 4.78 is 23.6. The molecule has 2 rings (SSSR count). The second kappa shape index (κ2) is 5.74. The number of methoxy groups -OCH3 is 2. The van der Waals surface area contributed by atoms with E-state index < -0.39 is 5.82 Å². The molecule has 2 aromatic rings. The van der Waals surface area contributed by atoms with Crippen molar-refractivity contribution in [2.75, 3.05) is 14.2 Å². The maximum Gasteiger partial charge on any atom is 0.193 e. The first kappa shape index (κ1) is 14.1. The molecule has 0 aliphatic rings. The van der Waals surface area contributed by atoms with E-state index in [0.717, 1.165) is 5.56 Å². The summed E-state index contributed by atoms with van der Waals surface area (Å²) >= 11 is 0. The summed E-state index contributed by atoms with van der Waals surface area (Å²) in [6, 6.07) is 9.28. The fraction of sp³-hybridized carbons (Fsp3) is 0.188. The van der Waals surface area contributed by atoms with Gasteiger partial charge in [-0.25, -0.2) is 4.39 Å². The summed E-state index contributed by atoms with van der Waals surface area (Å²) in [7, 11) is 2.95. The number of benzene rings is 2. The van der Waals surface area contributed by atoms with Gasteiger partial charge in [-0.2, -0.15) is 0 Å². The molecular formula is C16H15FO3. The lowest BCUT2D eigenvalue weighted by Gasteiger charge is -2.08. The molecular weight excluding hydrogens is 259 g/mol. The summed E-state index contributed by atoms with van der Waals surface area (Å²) in [5, 5.41) is 0. The zero-order valence-electron chi connectivity index (χ0n) is 11.6. The Bertz CT molecular complexity index is 595. The highest BCUT2D eigenvalue weighted by molar-refractivity contribution is 6.09. The number of halogens is 1. The van der Waals surface area contributed by atoms with Crippen LogP contribution in [0.3, 0.4) is 0 Å². The molecule has 0 aliphatic carbocycles. The minimum Gasteiger partial charge on any atom is -0.496 e. The molecule has 20 heavy (non-hydrogen) atoms. The molecule has 0 bridgehead atoms. The van der Waals surface area contributed by atoms with E-state index in [0.29, 0.717) is 11.3 Å². The van der Waals surface area contributed by atoms with Crippen LogP contribution in [0, 0.1) is 12.7 Å². The fourth-order valence-electron chi connectivity index (χ4n) is 1.99. The zero-order chi connectivity index (χ0) is 14.7. The fourth-order valence-corrected chi connectivity index (χ4v) is 1.99. The molecule has 0 amide bonds. The van der Waals surface area contributed by atoms with Crippen molar-refractivity contribution < 1.29 is 18.7 Å². The summed E-state index contributed by atoms with van der Waals surface area (Å²) in [5.41, 5.74) is 1.63. The zero-order valence-corrected chi connectivity index (χ0v) is 11.6. The van der Waals surface area contributed by atoms with E-state index in [1.807, 2.05) is 6.92 Å². The van der Waals surface area contributed by atoms with Crippen LogP contribution in [-0.2, 0) is 0 Å². The molecule has 2 aromatic carbocycles. The predicted octanol–water partition coefficient (Wildman–Crippen LogP) is 3.38. The predicted molar refractivity (Wildman–Crippen MR) is 74.1 cm³/mol. The van der Waals surface area contributed by atoms with Crippen molar-refractivity contribution in [3.8, 4) is 11.5 Å². The summed E-state index contributed by atoms with van der Waals surface area (Å²) in [5.74, 6) is 0.0378. The number of ether oxygens (including phenoxy) is 2. The van der Waals surface area contributed by atoms with E-state index in [2.05, 4.69) is 0 Å². The lowest BCUT2D eigenvalue weighted by atomic mass is 10.0. The van der Waals surface area contributed by atoms with E-state index in [1.165, 1.54) is 19.2 Å². The first-order valence-corrected chi connectivity index (χ1v) is 6.09. The Morgan fingerprint density at radius 3 is 2.00 bits per heavy atom. The standard InChI is InChI=1S/C16H15FO3/c1-10-8-11(4-6-14(10)19-2)16(18)12-5-7-15(20-3)13(17)9-12/h4-9H,1-3H3. The monoisotopic (exact) mass is 274 g/mol. The number of rotatable bonds is 4. The molecule has 0 saturated heterocycles. The van der Waals surface area contributed by atoms with Crippen molar-refractivity contribution in [2.24, 2.45) is 0 Å². The molecule has 0 fully saturated rings. The topological polar surface area (TPSA) is 35.5 Å². The summed E-state index contributed by atoms with van der Waals surface area (Å²) in [6.45, 7) is 1.85. The van der Waals surface area contributed by atoms with Crippen LogP contribution in [0.2, 0.25) is 0 Å². The molecule has 0 aliphatic heterocycles. The van der Waals surface area contributed by atoms with Gasteiger partial charge in [0.25, 0.3) is 0 Å². The van der Waals surface area contributed by atoms with E-state index in [-0.39, 0.29) is 17.1 Å². The Morgan fingerprint density at radius 1 is 0.950 bits per heavy atom. The lowest BCUT2D eigenvalue weighted by molar-refractivity contribution is 0.103. The van der Waals surface area contributed by atoms with Crippen molar-refractivity contribution in [2.45, 2.75) is 6.92 Å². The van der Waals surface area contributed by atoms with Crippen LogP contribution in [-0.4, -0.2) is 20.0 Å². The minimum absolute atomic E-state index is 0.118. The van der Waals surface area contributed by atoms with Crippen molar-refractivity contribution in [3.63, 3.8) is 0 Å². The van der Waals surface area contributed by atoms with E-state index in [1.54, 1.807) is 31.4 Å². The molecule has 0 radical (unpaired) electrons. The third-order valence-corrected chi connectivity index (χ3v) is 3.07. The average Bonchev–Trinajstić information content (AvgIpc) is 2.46. The Balaban J connectivity index is 2.36. The third-order valence-electron chi connectivity index (χ3n) is 3.07. The number of carbonyl (C=O) groups is 1. The van der Waals surface area contributed by atoms with Crippen LogP contribution >= 0.6 is 0 Å². The van der Waals surface area contributed by atoms with Crippen LogP contribution in [0.25, 0.3) is 0 Å². The second-order valence-electron chi connectivity index (χ2n) is 4.36. The van der Waals surface area contributed by atoms with Crippen LogP contribution in [0.5, 0.6) is 11.5 Å². The smallest absolute Gasteiger partial charge is 0.193 e. The van der Waals surface area contributed by atoms with Gasteiger partial charge in [0, 0.05) is 11.1 Å². The van der Waals surface area contributed by atoms with Crippen molar-refractivity contribution >= 4 is 5.78 Å². The highest BCUT2D eigenvalue weighted by Crippen LogP contribution is 2.23. The number of aryl methyl sites for hydroxylation is 1. The van der Waals surface area contributed by atoms with Crippen LogP contribution in [0.4, 0.5) is 4.39 Å². The first-order valence-electron chi connectivity index (χ1n) is 6.09. The molecule has 0 spiro atoms. The minimum atomic E-state index is -0.552. The van der Waals surface area contributed by atoms with Crippen molar-refractivity contribution in [1.82, 2.24) is 0 Å². The van der Waals surface area contributed by atoms with Gasteiger partial charge in [-0.3, -0.25) is 4.79 Å². The Kier molecular flexibility index (Phi) is 4.03. The summed E-state index contributed by atoms with van der Waals surface area (Å²) in [4.78, 5) is 12.3. The van der Waals surface area contributed by atoms with Gasteiger partial charge >= 0.3 is 0 Å². The molecule has 104 valence electrons. The Labute approximate surface area is 117 Å². The van der Waals surface area contributed by atoms with Gasteiger partial charge in [0.1, 0.15) is 5.75 Å². The SMILES string of the molecule is COc1ccc(C(=O)c2ccc(OC)c(F)c2)cc1C. The average molecular weight is 274 g/mol. The maximum atomic E-state index is 13.6. The van der Waals surface area contributed by atoms with Crippen molar-refractivity contribution in [1.29, 1.82) is 0 Å². The normalized spacial score (nSPS) is 10.2. The third kappa shape index (κ3) is 2.64. The van der Waals surface area contributed by atoms with Gasteiger partial charge in [-0.1, -0.05) is 0 Å². The molecule has 0 saturated carbocycles. The van der Waals surface area contributed by atoms with Gasteiger partial charge < -0.3 is 9.47 Å². The number of hydrogen-bond donors (Lipinski definition) is 0. The van der Waals surface area contributed by atoms with Gasteiger partial charge in [0.05, 0.1) is 14.2 Å². The Hall–Kier alpha value is -2.36. The van der Waals surface area contributed by atoms with Crippen molar-refractivity contribution in [3.05, 3.63) is 58.9 Å². The lowest BCUT2D eigenvalue weighted by Crippen LogP contribution is -2.03. The molecule has 0 aromatic heterocycles.